The van der Waals surface area contributed by atoms with E-state index in [0.717, 1.165) is 61.5 Å². The summed E-state index contributed by atoms with van der Waals surface area (Å²) in [4.78, 5) is 14.8. The number of rotatable bonds is 7. The summed E-state index contributed by atoms with van der Waals surface area (Å²) in [5.74, 6) is 1.20. The van der Waals surface area contributed by atoms with Crippen molar-refractivity contribution in [3.63, 3.8) is 0 Å². The summed E-state index contributed by atoms with van der Waals surface area (Å²) in [5.41, 5.74) is 4.11. The molecule has 0 saturated carbocycles. The highest BCUT2D eigenvalue weighted by Gasteiger charge is 2.28. The van der Waals surface area contributed by atoms with Crippen LogP contribution in [0.1, 0.15) is 47.7 Å². The molecule has 2 N–H and O–H groups in total. The summed E-state index contributed by atoms with van der Waals surface area (Å²) in [7, 11) is 0. The van der Waals surface area contributed by atoms with Gasteiger partial charge < -0.3 is 14.6 Å². The van der Waals surface area contributed by atoms with Crippen LogP contribution >= 0.6 is 0 Å². The standard InChI is InChI=1S/C18H26N4O2/c1-4-22(5-2)10-6-9-19-18(23)17-12(3)15-14(24-17)8-7-13-11-20-21-16(13)15/h11H,4-10H2,1-3H3,(H,19,23)(H,20,21). The van der Waals surface area contributed by atoms with Crippen molar-refractivity contribution in [2.75, 3.05) is 26.2 Å². The van der Waals surface area contributed by atoms with Crippen LogP contribution in [0, 0.1) is 6.92 Å². The maximum absolute atomic E-state index is 12.5. The highest BCUT2D eigenvalue weighted by Crippen LogP contribution is 2.37. The highest BCUT2D eigenvalue weighted by atomic mass is 16.4. The van der Waals surface area contributed by atoms with Crippen LogP contribution in [0.2, 0.25) is 0 Å². The number of aromatic nitrogens is 2. The average molecular weight is 330 g/mol. The average Bonchev–Trinajstić information content (AvgIpc) is 3.19. The van der Waals surface area contributed by atoms with Gasteiger partial charge in [0.1, 0.15) is 5.76 Å². The number of hydrogen-bond donors (Lipinski definition) is 2. The van der Waals surface area contributed by atoms with Gasteiger partial charge in [0.2, 0.25) is 0 Å². The number of carbonyl (C=O) groups excluding carboxylic acids is 1. The van der Waals surface area contributed by atoms with Crippen LogP contribution in [0.15, 0.2) is 10.6 Å². The van der Waals surface area contributed by atoms with Gasteiger partial charge in [-0.05, 0) is 45.0 Å². The zero-order valence-corrected chi connectivity index (χ0v) is 14.7. The molecule has 0 radical (unpaired) electrons. The third-order valence-electron chi connectivity index (χ3n) is 4.85. The van der Waals surface area contributed by atoms with E-state index >= 15 is 0 Å². The third-order valence-corrected chi connectivity index (χ3v) is 4.85. The van der Waals surface area contributed by atoms with Gasteiger partial charge in [0.25, 0.3) is 5.91 Å². The molecule has 2 aromatic rings. The monoisotopic (exact) mass is 330 g/mol. The van der Waals surface area contributed by atoms with Crippen LogP contribution < -0.4 is 5.32 Å². The van der Waals surface area contributed by atoms with E-state index in [9.17, 15) is 4.79 Å². The van der Waals surface area contributed by atoms with E-state index in [-0.39, 0.29) is 5.91 Å². The zero-order valence-electron chi connectivity index (χ0n) is 14.7. The first kappa shape index (κ1) is 16.8. The van der Waals surface area contributed by atoms with Crippen molar-refractivity contribution < 1.29 is 9.21 Å². The lowest BCUT2D eigenvalue weighted by Gasteiger charge is -2.17. The molecule has 24 heavy (non-hydrogen) atoms. The molecule has 1 aliphatic rings. The molecule has 130 valence electrons. The van der Waals surface area contributed by atoms with E-state index in [1.807, 2.05) is 13.1 Å². The Morgan fingerprint density at radius 2 is 2.17 bits per heavy atom. The lowest BCUT2D eigenvalue weighted by Crippen LogP contribution is -2.30. The van der Waals surface area contributed by atoms with Crippen molar-refractivity contribution in [1.82, 2.24) is 20.4 Å². The van der Waals surface area contributed by atoms with Gasteiger partial charge in [0.15, 0.2) is 5.76 Å². The number of nitrogens with one attached hydrogen (secondary N) is 2. The number of H-pyrrole nitrogens is 1. The van der Waals surface area contributed by atoms with Gasteiger partial charge in [-0.25, -0.2) is 0 Å². The van der Waals surface area contributed by atoms with Gasteiger partial charge in [-0.3, -0.25) is 9.89 Å². The fourth-order valence-corrected chi connectivity index (χ4v) is 3.38. The first-order valence-corrected chi connectivity index (χ1v) is 8.81. The molecule has 6 nitrogen and oxygen atoms in total. The molecular weight excluding hydrogens is 304 g/mol. The maximum atomic E-state index is 12.5. The summed E-state index contributed by atoms with van der Waals surface area (Å²) in [6.07, 6.45) is 4.52. The first-order valence-electron chi connectivity index (χ1n) is 8.81. The van der Waals surface area contributed by atoms with Gasteiger partial charge in [0.05, 0.1) is 11.9 Å². The number of furan rings is 1. The molecule has 0 spiro atoms. The number of fused-ring (bicyclic) bond motifs is 3. The van der Waals surface area contributed by atoms with Crippen molar-refractivity contribution in [3.05, 3.63) is 28.8 Å². The quantitative estimate of drug-likeness (QED) is 0.765. The minimum absolute atomic E-state index is 0.123. The summed E-state index contributed by atoms with van der Waals surface area (Å²) < 4.78 is 5.88. The lowest BCUT2D eigenvalue weighted by molar-refractivity contribution is 0.0921. The Morgan fingerprint density at radius 3 is 2.92 bits per heavy atom. The van der Waals surface area contributed by atoms with Gasteiger partial charge >= 0.3 is 0 Å². The van der Waals surface area contributed by atoms with Crippen LogP contribution in [0.25, 0.3) is 11.3 Å². The predicted octanol–water partition coefficient (Wildman–Crippen LogP) is 2.54. The molecule has 2 heterocycles. The lowest BCUT2D eigenvalue weighted by atomic mass is 9.93. The van der Waals surface area contributed by atoms with Crippen molar-refractivity contribution in [1.29, 1.82) is 0 Å². The molecule has 0 unspecified atom stereocenters. The first-order chi connectivity index (χ1) is 11.7. The molecule has 0 aromatic carbocycles. The van der Waals surface area contributed by atoms with Crippen LogP contribution in [0.3, 0.4) is 0 Å². The Kier molecular flexibility index (Phi) is 5.04. The number of amides is 1. The molecule has 0 saturated heterocycles. The third kappa shape index (κ3) is 3.11. The molecule has 1 aliphatic carbocycles. The highest BCUT2D eigenvalue weighted by molar-refractivity contribution is 5.95. The van der Waals surface area contributed by atoms with E-state index < -0.39 is 0 Å². The number of carbonyl (C=O) groups is 1. The second-order valence-corrected chi connectivity index (χ2v) is 6.26. The van der Waals surface area contributed by atoms with Crippen molar-refractivity contribution in [2.24, 2.45) is 0 Å². The number of aromatic amines is 1. The summed E-state index contributed by atoms with van der Waals surface area (Å²) in [6.45, 7) is 10.0. The molecular formula is C18H26N4O2. The minimum atomic E-state index is -0.123. The van der Waals surface area contributed by atoms with Gasteiger partial charge in [0, 0.05) is 24.1 Å². The number of hydrogen-bond acceptors (Lipinski definition) is 4. The Labute approximate surface area is 142 Å². The zero-order chi connectivity index (χ0) is 17.1. The molecule has 0 aliphatic heterocycles. The summed E-state index contributed by atoms with van der Waals surface area (Å²) >= 11 is 0. The minimum Gasteiger partial charge on any atom is -0.455 e. The predicted molar refractivity (Wildman–Crippen MR) is 93.2 cm³/mol. The Balaban J connectivity index is 1.65. The topological polar surface area (TPSA) is 74.2 Å². The smallest absolute Gasteiger partial charge is 0.287 e. The van der Waals surface area contributed by atoms with Crippen LogP contribution in [-0.4, -0.2) is 47.2 Å². The van der Waals surface area contributed by atoms with Crippen LogP contribution in [0.5, 0.6) is 0 Å². The SMILES string of the molecule is CCN(CC)CCCNC(=O)c1oc2c(c1C)-c1[nH]ncc1CC2. The number of aryl methyl sites for hydroxylation is 2. The Bertz CT molecular complexity index is 713. The Morgan fingerprint density at radius 1 is 1.38 bits per heavy atom. The van der Waals surface area contributed by atoms with E-state index in [1.54, 1.807) is 0 Å². The molecule has 6 heteroatoms. The molecule has 0 atom stereocenters. The molecule has 3 rings (SSSR count). The van der Waals surface area contributed by atoms with Gasteiger partial charge in [-0.2, -0.15) is 5.10 Å². The van der Waals surface area contributed by atoms with E-state index in [0.29, 0.717) is 12.3 Å². The van der Waals surface area contributed by atoms with Crippen LogP contribution in [-0.2, 0) is 12.8 Å². The largest absolute Gasteiger partial charge is 0.455 e. The second kappa shape index (κ2) is 7.21. The van der Waals surface area contributed by atoms with E-state index in [4.69, 9.17) is 4.42 Å². The van der Waals surface area contributed by atoms with E-state index in [2.05, 4.69) is 34.3 Å². The second-order valence-electron chi connectivity index (χ2n) is 6.26. The van der Waals surface area contributed by atoms with E-state index in [1.165, 1.54) is 5.56 Å². The fraction of sp³-hybridized carbons (Fsp3) is 0.556. The van der Waals surface area contributed by atoms with Crippen molar-refractivity contribution in [3.8, 4) is 11.3 Å². The molecule has 0 fully saturated rings. The van der Waals surface area contributed by atoms with Crippen LogP contribution in [0.4, 0.5) is 0 Å². The summed E-state index contributed by atoms with van der Waals surface area (Å²) in [5, 5.41) is 10.1. The molecule has 0 bridgehead atoms. The maximum Gasteiger partial charge on any atom is 0.287 e. The molecule has 2 aromatic heterocycles. The number of nitrogens with zero attached hydrogens (tertiary/aromatic N) is 2. The van der Waals surface area contributed by atoms with Gasteiger partial charge in [-0.15, -0.1) is 0 Å². The summed E-state index contributed by atoms with van der Waals surface area (Å²) in [6, 6.07) is 0. The van der Waals surface area contributed by atoms with Gasteiger partial charge in [-0.1, -0.05) is 13.8 Å². The Hall–Kier alpha value is -2.08. The normalized spacial score (nSPS) is 13.0. The fourth-order valence-electron chi connectivity index (χ4n) is 3.38. The molecule has 1 amide bonds. The van der Waals surface area contributed by atoms with Crippen molar-refractivity contribution in [2.45, 2.75) is 40.0 Å². The van der Waals surface area contributed by atoms with Crippen molar-refractivity contribution >= 4 is 5.91 Å².